The van der Waals surface area contributed by atoms with Gasteiger partial charge in [0.15, 0.2) is 0 Å². The molecule has 8 rings (SSSR count). The number of ether oxygens (including phenoxy) is 2. The van der Waals surface area contributed by atoms with Crippen molar-refractivity contribution in [1.29, 1.82) is 0 Å². The van der Waals surface area contributed by atoms with E-state index in [1.165, 1.54) is 35.8 Å². The van der Waals surface area contributed by atoms with Gasteiger partial charge in [-0.05, 0) is 96.0 Å². The Hall–Kier alpha value is -6.18. The topological polar surface area (TPSA) is 107 Å². The summed E-state index contributed by atoms with van der Waals surface area (Å²) in [5.74, 6) is -0.598. The van der Waals surface area contributed by atoms with Crippen molar-refractivity contribution in [3.63, 3.8) is 0 Å². The molecule has 8 nitrogen and oxygen atoms in total. The number of fused-ring (bicyclic) bond motifs is 11. The molecule has 6 aromatic rings. The number of methoxy groups -OCH3 is 2. The molecule has 9 heteroatoms. The molecule has 0 spiro atoms. The Bertz CT molecular complexity index is 2980. The summed E-state index contributed by atoms with van der Waals surface area (Å²) in [7, 11) is 2.80. The molecule has 0 fully saturated rings. The van der Waals surface area contributed by atoms with Crippen LogP contribution in [0.1, 0.15) is 83.7 Å². The molecule has 0 N–H and O–H groups in total. The van der Waals surface area contributed by atoms with Crippen LogP contribution in [0.25, 0.3) is 78.1 Å². The number of nitrogens with zero attached hydrogens (tertiary/aromatic N) is 4. The summed E-state index contributed by atoms with van der Waals surface area (Å²) in [6.45, 7) is 12.3. The van der Waals surface area contributed by atoms with Crippen LogP contribution in [-0.2, 0) is 45.0 Å². The van der Waals surface area contributed by atoms with Crippen LogP contribution in [0.15, 0.2) is 91.5 Å². The van der Waals surface area contributed by atoms with Gasteiger partial charge in [-0.2, -0.15) is 0 Å². The summed E-state index contributed by atoms with van der Waals surface area (Å²) in [6, 6.07) is 27.3. The van der Waals surface area contributed by atoms with Gasteiger partial charge in [-0.1, -0.05) is 114 Å². The van der Waals surface area contributed by atoms with E-state index in [1.54, 1.807) is 0 Å². The van der Waals surface area contributed by atoms with Gasteiger partial charge in [0.2, 0.25) is 0 Å². The van der Waals surface area contributed by atoms with Crippen molar-refractivity contribution in [2.45, 2.75) is 53.4 Å². The van der Waals surface area contributed by atoms with Crippen LogP contribution in [0.5, 0.6) is 0 Å². The SMILES string of the molecule is C=Cc1c(C)c2cc3nc(cc4[n-]c(cc5nc(cc1[n-]2)C(C)=C5/C=C/c1cc2ccccc2c2ccccc12)c(C)c4CCC(=O)OC)C(CCC(=O)OC)=C3C.[Zn+2]. The molecule has 290 valence electrons. The van der Waals surface area contributed by atoms with Crippen molar-refractivity contribution in [1.82, 2.24) is 19.9 Å². The summed E-state index contributed by atoms with van der Waals surface area (Å²) in [4.78, 5) is 45.5. The summed E-state index contributed by atoms with van der Waals surface area (Å²) in [6.07, 6.45) is 7.44. The van der Waals surface area contributed by atoms with Crippen molar-refractivity contribution in [3.8, 4) is 0 Å². The minimum atomic E-state index is -0.300. The van der Waals surface area contributed by atoms with Gasteiger partial charge in [0, 0.05) is 18.4 Å². The third-order valence-corrected chi connectivity index (χ3v) is 11.5. The maximum Gasteiger partial charge on any atom is 2.00 e. The van der Waals surface area contributed by atoms with E-state index in [0.717, 1.165) is 83.7 Å². The summed E-state index contributed by atoms with van der Waals surface area (Å²) in [5.41, 5.74) is 14.8. The van der Waals surface area contributed by atoms with Gasteiger partial charge in [-0.15, -0.1) is 22.1 Å². The van der Waals surface area contributed by atoms with Crippen LogP contribution in [-0.4, -0.2) is 36.1 Å². The second-order valence-electron chi connectivity index (χ2n) is 14.8. The van der Waals surface area contributed by atoms with Gasteiger partial charge in [0.1, 0.15) is 0 Å². The Labute approximate surface area is 356 Å². The van der Waals surface area contributed by atoms with Crippen LogP contribution in [0.4, 0.5) is 0 Å². The molecular weight excluding hydrogens is 786 g/mol. The van der Waals surface area contributed by atoms with E-state index in [4.69, 9.17) is 29.4 Å². The van der Waals surface area contributed by atoms with E-state index in [-0.39, 0.29) is 44.3 Å². The van der Waals surface area contributed by atoms with Crippen molar-refractivity contribution in [3.05, 3.63) is 142 Å². The number of rotatable bonds is 9. The molecule has 0 saturated heterocycles. The summed E-state index contributed by atoms with van der Waals surface area (Å²) < 4.78 is 10.0. The molecule has 3 aromatic heterocycles. The minimum Gasteiger partial charge on any atom is -0.657 e. The maximum absolute atomic E-state index is 12.5. The predicted octanol–water partition coefficient (Wildman–Crippen LogP) is 10.8. The number of aryl methyl sites for hydroxylation is 3. The third kappa shape index (κ3) is 7.75. The second kappa shape index (κ2) is 17.0. The Balaban J connectivity index is 0.00000528. The maximum atomic E-state index is 12.5. The van der Waals surface area contributed by atoms with Crippen LogP contribution in [0.3, 0.4) is 0 Å². The molecule has 0 atom stereocenters. The van der Waals surface area contributed by atoms with E-state index < -0.39 is 0 Å². The van der Waals surface area contributed by atoms with Gasteiger partial charge in [-0.3, -0.25) is 9.59 Å². The predicted molar refractivity (Wildman–Crippen MR) is 236 cm³/mol. The molecule has 0 radical (unpaired) electrons. The number of hydrogen-bond donors (Lipinski definition) is 0. The van der Waals surface area contributed by atoms with Crippen molar-refractivity contribution < 1.29 is 38.5 Å². The van der Waals surface area contributed by atoms with Crippen LogP contribution in [0.2, 0.25) is 0 Å². The number of carbonyl (C=O) groups excluding carboxylic acids is 2. The standard InChI is InChI=1S/C50H44N4O4.Zn/c1-8-34-28(2)41-24-42-30(4)36(19-21-49(55)57-6)47(52-42)27-48-37(20-22-50(56)58-7)31(5)44(54-48)26-46-35(29(3)43(53-46)25-45(34)51-41)18-17-33-23-32-13-9-10-14-38(32)40-16-12-11-15-39(33)40;/h8-18,23-27H,1,19-22H2,2-7H3;/q-2;+2/b18-17+,41-24?,42-24?,43-25?,44-26?,45-25?,46-26?,47-27?,48-27?;. The normalized spacial score (nSPS) is 12.7. The van der Waals surface area contributed by atoms with E-state index in [9.17, 15) is 9.59 Å². The summed E-state index contributed by atoms with van der Waals surface area (Å²) >= 11 is 0. The Morgan fingerprint density at radius 3 is 1.95 bits per heavy atom. The van der Waals surface area contributed by atoms with E-state index in [2.05, 4.69) is 80.3 Å². The number of esters is 2. The molecule has 0 saturated carbocycles. The molecule has 8 bridgehead atoms. The van der Waals surface area contributed by atoms with Crippen LogP contribution in [0, 0.1) is 13.8 Å². The number of hydrogen-bond acceptors (Lipinski definition) is 6. The zero-order valence-corrected chi connectivity index (χ0v) is 37.4. The van der Waals surface area contributed by atoms with Gasteiger partial charge < -0.3 is 19.4 Å². The first-order valence-corrected chi connectivity index (χ1v) is 19.5. The first-order chi connectivity index (χ1) is 28.1. The van der Waals surface area contributed by atoms with Crippen molar-refractivity contribution >= 4 is 90.0 Å². The molecular formula is C50H44N4O4Zn. The zero-order valence-electron chi connectivity index (χ0n) is 34.4. The van der Waals surface area contributed by atoms with Gasteiger partial charge >= 0.3 is 31.4 Å². The quantitative estimate of drug-likeness (QED) is 0.0806. The number of aromatic nitrogens is 4. The average molecular weight is 830 g/mol. The average Bonchev–Trinajstić information content (AvgIpc) is 3.90. The monoisotopic (exact) mass is 828 g/mol. The number of carbonyl (C=O) groups is 2. The van der Waals surface area contributed by atoms with Crippen LogP contribution < -0.4 is 9.97 Å². The number of benzene rings is 3. The van der Waals surface area contributed by atoms with Crippen LogP contribution >= 0.6 is 0 Å². The van der Waals surface area contributed by atoms with E-state index >= 15 is 0 Å². The Morgan fingerprint density at radius 2 is 1.22 bits per heavy atom. The molecule has 0 unspecified atom stereocenters. The first-order valence-electron chi connectivity index (χ1n) is 19.5. The van der Waals surface area contributed by atoms with Crippen molar-refractivity contribution in [2.75, 3.05) is 14.2 Å². The fourth-order valence-electron chi connectivity index (χ4n) is 8.15. The van der Waals surface area contributed by atoms with Gasteiger partial charge in [-0.25, -0.2) is 9.97 Å². The second-order valence-corrected chi connectivity index (χ2v) is 14.8. The Kier molecular flexibility index (Phi) is 11.8. The largest absolute Gasteiger partial charge is 2.00 e. The molecule has 0 amide bonds. The summed E-state index contributed by atoms with van der Waals surface area (Å²) in [5, 5.41) is 4.76. The van der Waals surface area contributed by atoms with Gasteiger partial charge in [0.25, 0.3) is 0 Å². The fourth-order valence-corrected chi connectivity index (χ4v) is 8.15. The molecule has 0 aliphatic carbocycles. The van der Waals surface area contributed by atoms with Crippen molar-refractivity contribution in [2.24, 2.45) is 0 Å². The molecule has 2 aliphatic rings. The fraction of sp³-hybridized carbons (Fsp3) is 0.200. The zero-order chi connectivity index (χ0) is 40.7. The number of allylic oxidation sites excluding steroid dienone is 5. The van der Waals surface area contributed by atoms with Gasteiger partial charge in [0.05, 0.1) is 37.0 Å². The molecule has 2 aliphatic heterocycles. The van der Waals surface area contributed by atoms with E-state index in [0.29, 0.717) is 24.1 Å². The minimum absolute atomic E-state index is 0. The smallest absolute Gasteiger partial charge is 0.657 e. The first kappa shape index (κ1) is 41.0. The molecule has 3 aromatic carbocycles. The molecule has 59 heavy (non-hydrogen) atoms. The molecule has 5 heterocycles. The third-order valence-electron chi connectivity index (χ3n) is 11.5. The van der Waals surface area contributed by atoms with E-state index in [1.807, 2.05) is 51.1 Å². The Morgan fingerprint density at radius 1 is 0.644 bits per heavy atom.